The minimum atomic E-state index is -0.209. The van der Waals surface area contributed by atoms with Crippen molar-refractivity contribution in [2.75, 3.05) is 29.9 Å². The Morgan fingerprint density at radius 1 is 1.11 bits per heavy atom. The van der Waals surface area contributed by atoms with Gasteiger partial charge in [-0.15, -0.1) is 11.8 Å². The molecule has 0 spiro atoms. The van der Waals surface area contributed by atoms with E-state index in [0.29, 0.717) is 6.42 Å². The Labute approximate surface area is 183 Å². The first-order chi connectivity index (χ1) is 13.5. The van der Waals surface area contributed by atoms with Crippen LogP contribution in [0.15, 0.2) is 57.9 Å². The summed E-state index contributed by atoms with van der Waals surface area (Å²) in [5.41, 5.74) is 1.72. The van der Waals surface area contributed by atoms with E-state index in [4.69, 9.17) is 0 Å². The van der Waals surface area contributed by atoms with Gasteiger partial charge in [-0.1, -0.05) is 28.1 Å². The number of thioether (sulfide) groups is 2. The fraction of sp³-hybridized carbons (Fsp3) is 0.333. The summed E-state index contributed by atoms with van der Waals surface area (Å²) in [5, 5.41) is 2.74. The van der Waals surface area contributed by atoms with Gasteiger partial charge in [-0.05, 0) is 48.9 Å². The average Bonchev–Trinajstić information content (AvgIpc) is 2.71. The molecule has 3 rings (SSSR count). The number of anilines is 1. The highest BCUT2D eigenvalue weighted by atomic mass is 79.9. The Bertz CT molecular complexity index is 806. The Kier molecular flexibility index (Phi) is 7.88. The van der Waals surface area contributed by atoms with Crippen LogP contribution in [0, 0.1) is 0 Å². The number of halogens is 1. The van der Waals surface area contributed by atoms with Crippen LogP contribution in [-0.2, 0) is 16.0 Å². The van der Waals surface area contributed by atoms with Crippen molar-refractivity contribution < 1.29 is 9.59 Å². The average molecular weight is 479 g/mol. The molecule has 28 heavy (non-hydrogen) atoms. The van der Waals surface area contributed by atoms with Gasteiger partial charge in [-0.25, -0.2) is 0 Å². The molecule has 0 aliphatic carbocycles. The number of carbonyl (C=O) groups is 2. The predicted molar refractivity (Wildman–Crippen MR) is 122 cm³/mol. The molecule has 2 aromatic rings. The Hall–Kier alpha value is -1.44. The molecular formula is C21H23BrN2O2S2. The van der Waals surface area contributed by atoms with Crippen molar-refractivity contribution in [2.45, 2.75) is 23.5 Å². The minimum absolute atomic E-state index is 0.0393. The quantitative estimate of drug-likeness (QED) is 0.611. The minimum Gasteiger partial charge on any atom is -0.341 e. The van der Waals surface area contributed by atoms with E-state index in [1.54, 1.807) is 0 Å². The van der Waals surface area contributed by atoms with Crippen LogP contribution in [0.1, 0.15) is 12.5 Å². The van der Waals surface area contributed by atoms with Gasteiger partial charge in [-0.3, -0.25) is 9.59 Å². The largest absolute Gasteiger partial charge is 0.341 e. The summed E-state index contributed by atoms with van der Waals surface area (Å²) in [7, 11) is 0. The van der Waals surface area contributed by atoms with Crippen LogP contribution < -0.4 is 5.32 Å². The van der Waals surface area contributed by atoms with Crippen LogP contribution in [-0.4, -0.2) is 46.6 Å². The number of rotatable bonds is 6. The monoisotopic (exact) mass is 478 g/mol. The normalized spacial score (nSPS) is 15.1. The molecule has 1 atom stereocenters. The van der Waals surface area contributed by atoms with Crippen LogP contribution in [0.2, 0.25) is 0 Å². The van der Waals surface area contributed by atoms with Gasteiger partial charge in [0.05, 0.1) is 11.7 Å². The molecule has 1 fully saturated rings. The molecule has 1 heterocycles. The van der Waals surface area contributed by atoms with E-state index in [1.807, 2.05) is 72.1 Å². The van der Waals surface area contributed by atoms with Gasteiger partial charge in [0.25, 0.3) is 0 Å². The predicted octanol–water partition coefficient (Wildman–Crippen LogP) is 4.69. The lowest BCUT2D eigenvalue weighted by molar-refractivity contribution is -0.130. The summed E-state index contributed by atoms with van der Waals surface area (Å²) in [4.78, 5) is 27.8. The van der Waals surface area contributed by atoms with E-state index in [0.717, 1.165) is 45.2 Å². The molecule has 1 aliphatic heterocycles. The summed E-state index contributed by atoms with van der Waals surface area (Å²) < 4.78 is 1.02. The molecule has 2 amide bonds. The van der Waals surface area contributed by atoms with Gasteiger partial charge >= 0.3 is 0 Å². The third-order valence-corrected chi connectivity index (χ3v) is 7.02. The van der Waals surface area contributed by atoms with E-state index >= 15 is 0 Å². The first-order valence-corrected chi connectivity index (χ1v) is 12.0. The molecule has 4 nitrogen and oxygen atoms in total. The van der Waals surface area contributed by atoms with Crippen LogP contribution in [0.5, 0.6) is 0 Å². The van der Waals surface area contributed by atoms with E-state index < -0.39 is 0 Å². The number of hydrogen-bond donors (Lipinski definition) is 1. The summed E-state index contributed by atoms with van der Waals surface area (Å²) >= 11 is 6.83. The van der Waals surface area contributed by atoms with E-state index in [2.05, 4.69) is 21.2 Å². The topological polar surface area (TPSA) is 49.4 Å². The van der Waals surface area contributed by atoms with Gasteiger partial charge in [-0.2, -0.15) is 11.8 Å². The number of benzene rings is 2. The van der Waals surface area contributed by atoms with Crippen molar-refractivity contribution >= 4 is 57.0 Å². The molecule has 1 saturated heterocycles. The molecule has 0 aromatic heterocycles. The van der Waals surface area contributed by atoms with Gasteiger partial charge < -0.3 is 10.2 Å². The van der Waals surface area contributed by atoms with Gasteiger partial charge in [0.15, 0.2) is 0 Å². The van der Waals surface area contributed by atoms with Gasteiger partial charge in [0.1, 0.15) is 0 Å². The standard InChI is InChI=1S/C21H23BrN2O2S2/c1-15(28-19-8-4-17(22)5-9-19)21(26)23-18-6-2-16(3-7-18)14-20(25)24-10-12-27-13-11-24/h2-9,15H,10-14H2,1H3,(H,23,26). The molecule has 148 valence electrons. The third kappa shape index (κ3) is 6.29. The zero-order valence-corrected chi connectivity index (χ0v) is 18.9. The van der Waals surface area contributed by atoms with Gasteiger partial charge in [0.2, 0.25) is 11.8 Å². The van der Waals surface area contributed by atoms with Crippen LogP contribution >= 0.6 is 39.5 Å². The van der Waals surface area contributed by atoms with Crippen molar-refractivity contribution in [2.24, 2.45) is 0 Å². The Morgan fingerprint density at radius 3 is 2.39 bits per heavy atom. The second-order valence-electron chi connectivity index (χ2n) is 6.57. The summed E-state index contributed by atoms with van der Waals surface area (Å²) in [6.45, 7) is 3.57. The van der Waals surface area contributed by atoms with Crippen LogP contribution in [0.4, 0.5) is 5.69 Å². The van der Waals surface area contributed by atoms with Crippen molar-refractivity contribution in [3.63, 3.8) is 0 Å². The Balaban J connectivity index is 1.50. The molecule has 1 unspecified atom stereocenters. The fourth-order valence-corrected chi connectivity index (χ4v) is 4.85. The maximum absolute atomic E-state index is 12.4. The van der Waals surface area contributed by atoms with Crippen molar-refractivity contribution in [1.29, 1.82) is 0 Å². The molecule has 0 saturated carbocycles. The molecule has 1 aliphatic rings. The fourth-order valence-electron chi connectivity index (χ4n) is 2.82. The van der Waals surface area contributed by atoms with Crippen molar-refractivity contribution in [1.82, 2.24) is 4.90 Å². The molecule has 7 heteroatoms. The van der Waals surface area contributed by atoms with Crippen molar-refractivity contribution in [3.8, 4) is 0 Å². The highest BCUT2D eigenvalue weighted by Gasteiger charge is 2.17. The molecular weight excluding hydrogens is 456 g/mol. The lowest BCUT2D eigenvalue weighted by Gasteiger charge is -2.26. The van der Waals surface area contributed by atoms with Crippen LogP contribution in [0.3, 0.4) is 0 Å². The zero-order valence-electron chi connectivity index (χ0n) is 15.7. The lowest BCUT2D eigenvalue weighted by Crippen LogP contribution is -2.38. The first kappa shape index (κ1) is 21.3. The molecule has 0 radical (unpaired) electrons. The van der Waals surface area contributed by atoms with E-state index in [-0.39, 0.29) is 17.1 Å². The van der Waals surface area contributed by atoms with E-state index in [9.17, 15) is 9.59 Å². The van der Waals surface area contributed by atoms with Gasteiger partial charge in [0, 0.05) is 39.7 Å². The molecule has 2 aromatic carbocycles. The number of amides is 2. The zero-order chi connectivity index (χ0) is 19.9. The van der Waals surface area contributed by atoms with Crippen molar-refractivity contribution in [3.05, 3.63) is 58.6 Å². The first-order valence-electron chi connectivity index (χ1n) is 9.19. The number of hydrogen-bond acceptors (Lipinski definition) is 4. The summed E-state index contributed by atoms with van der Waals surface area (Å²) in [6, 6.07) is 15.5. The number of carbonyl (C=O) groups excluding carboxylic acids is 2. The van der Waals surface area contributed by atoms with E-state index in [1.165, 1.54) is 11.8 Å². The summed E-state index contributed by atoms with van der Waals surface area (Å²) in [6.07, 6.45) is 0.411. The highest BCUT2D eigenvalue weighted by molar-refractivity contribution is 9.10. The second-order valence-corrected chi connectivity index (χ2v) is 10.1. The number of nitrogens with one attached hydrogen (secondary N) is 1. The highest BCUT2D eigenvalue weighted by Crippen LogP contribution is 2.25. The third-order valence-electron chi connectivity index (χ3n) is 4.44. The maximum atomic E-state index is 12.4. The second kappa shape index (κ2) is 10.4. The molecule has 0 bridgehead atoms. The SMILES string of the molecule is CC(Sc1ccc(Br)cc1)C(=O)Nc1ccc(CC(=O)N2CCSCC2)cc1. The molecule has 1 N–H and O–H groups in total. The maximum Gasteiger partial charge on any atom is 0.237 e. The van der Waals surface area contributed by atoms with Crippen LogP contribution in [0.25, 0.3) is 0 Å². The Morgan fingerprint density at radius 2 is 1.75 bits per heavy atom. The number of nitrogens with zero attached hydrogens (tertiary/aromatic N) is 1. The smallest absolute Gasteiger partial charge is 0.237 e. The summed E-state index contributed by atoms with van der Waals surface area (Å²) in [5.74, 6) is 2.18. The lowest BCUT2D eigenvalue weighted by atomic mass is 10.1.